The summed E-state index contributed by atoms with van der Waals surface area (Å²) >= 11 is 0. The minimum atomic E-state index is -2.82. The summed E-state index contributed by atoms with van der Waals surface area (Å²) in [4.78, 5) is 2.42. The summed E-state index contributed by atoms with van der Waals surface area (Å²) in [7, 11) is -2.82. The van der Waals surface area contributed by atoms with Crippen molar-refractivity contribution in [2.45, 2.75) is 12.6 Å². The molecule has 2 aliphatic rings. The van der Waals surface area contributed by atoms with Gasteiger partial charge in [-0.25, -0.2) is 8.42 Å². The van der Waals surface area contributed by atoms with Crippen LogP contribution in [0.2, 0.25) is 0 Å². The van der Waals surface area contributed by atoms with Crippen molar-refractivity contribution in [3.05, 3.63) is 29.8 Å². The number of nitrogens with zero attached hydrogens (tertiary/aromatic N) is 1. The van der Waals surface area contributed by atoms with E-state index in [1.165, 1.54) is 5.56 Å². The third kappa shape index (κ3) is 3.50. The number of piperazine rings is 1. The van der Waals surface area contributed by atoms with Gasteiger partial charge in [0.1, 0.15) is 11.9 Å². The highest BCUT2D eigenvalue weighted by Crippen LogP contribution is 2.20. The molecule has 1 N–H and O–H groups in total. The van der Waals surface area contributed by atoms with Crippen LogP contribution in [0.25, 0.3) is 0 Å². The van der Waals surface area contributed by atoms with E-state index in [1.807, 2.05) is 12.1 Å². The van der Waals surface area contributed by atoms with E-state index in [9.17, 15) is 8.42 Å². The average molecular weight is 296 g/mol. The van der Waals surface area contributed by atoms with Gasteiger partial charge in [0, 0.05) is 32.7 Å². The molecule has 1 aromatic rings. The van der Waals surface area contributed by atoms with E-state index in [0.29, 0.717) is 0 Å². The molecule has 0 spiro atoms. The predicted molar refractivity (Wildman–Crippen MR) is 77.7 cm³/mol. The molecular formula is C14H20N2O3S. The molecular weight excluding hydrogens is 276 g/mol. The summed E-state index contributed by atoms with van der Waals surface area (Å²) in [5.41, 5.74) is 1.26. The summed E-state index contributed by atoms with van der Waals surface area (Å²) in [6.45, 7) is 5.23. The number of benzene rings is 1. The summed E-state index contributed by atoms with van der Waals surface area (Å²) in [5.74, 6) is 1.05. The van der Waals surface area contributed by atoms with E-state index in [-0.39, 0.29) is 17.6 Å². The van der Waals surface area contributed by atoms with Gasteiger partial charge in [-0.3, -0.25) is 4.90 Å². The van der Waals surface area contributed by atoms with Crippen molar-refractivity contribution in [2.24, 2.45) is 0 Å². The van der Waals surface area contributed by atoms with Gasteiger partial charge in [-0.1, -0.05) is 12.1 Å². The Balaban J connectivity index is 1.52. The van der Waals surface area contributed by atoms with Crippen molar-refractivity contribution in [1.29, 1.82) is 0 Å². The highest BCUT2D eigenvalue weighted by molar-refractivity contribution is 7.92. The first-order chi connectivity index (χ1) is 9.61. The Morgan fingerprint density at radius 1 is 1.15 bits per heavy atom. The molecule has 2 saturated heterocycles. The average Bonchev–Trinajstić information content (AvgIpc) is 2.40. The zero-order valence-electron chi connectivity index (χ0n) is 11.4. The molecule has 0 amide bonds. The first-order valence-electron chi connectivity index (χ1n) is 7.00. The van der Waals surface area contributed by atoms with Crippen LogP contribution < -0.4 is 10.1 Å². The van der Waals surface area contributed by atoms with Crippen molar-refractivity contribution in [1.82, 2.24) is 10.2 Å². The molecule has 20 heavy (non-hydrogen) atoms. The Morgan fingerprint density at radius 2 is 1.80 bits per heavy atom. The van der Waals surface area contributed by atoms with Crippen LogP contribution in [0, 0.1) is 0 Å². The maximum absolute atomic E-state index is 11.1. The quantitative estimate of drug-likeness (QED) is 0.864. The Labute approximate surface area is 119 Å². The number of ether oxygens (including phenoxy) is 1. The first-order valence-corrected chi connectivity index (χ1v) is 8.82. The highest BCUT2D eigenvalue weighted by Gasteiger charge is 2.35. The second-order valence-corrected chi connectivity index (χ2v) is 7.64. The number of sulfone groups is 1. The van der Waals surface area contributed by atoms with Crippen molar-refractivity contribution in [3.8, 4) is 5.75 Å². The molecule has 0 radical (unpaired) electrons. The predicted octanol–water partition coefficient (Wildman–Crippen LogP) is 0.268. The van der Waals surface area contributed by atoms with Gasteiger partial charge in [0.15, 0.2) is 9.84 Å². The van der Waals surface area contributed by atoms with Crippen molar-refractivity contribution < 1.29 is 13.2 Å². The van der Waals surface area contributed by atoms with Gasteiger partial charge in [0.25, 0.3) is 0 Å². The molecule has 1 aromatic carbocycles. The SMILES string of the molecule is O=S1(=O)CC(Oc2ccc(CN3CCNCC3)cc2)C1. The van der Waals surface area contributed by atoms with E-state index >= 15 is 0 Å². The fourth-order valence-electron chi connectivity index (χ4n) is 2.58. The molecule has 0 bridgehead atoms. The maximum atomic E-state index is 11.1. The zero-order valence-corrected chi connectivity index (χ0v) is 12.2. The smallest absolute Gasteiger partial charge is 0.157 e. The molecule has 2 heterocycles. The van der Waals surface area contributed by atoms with Crippen LogP contribution in [-0.2, 0) is 16.4 Å². The second kappa shape index (κ2) is 5.71. The van der Waals surface area contributed by atoms with Gasteiger partial charge >= 0.3 is 0 Å². The molecule has 2 fully saturated rings. The van der Waals surface area contributed by atoms with Gasteiger partial charge in [0.2, 0.25) is 0 Å². The van der Waals surface area contributed by atoms with Gasteiger partial charge in [0.05, 0.1) is 11.5 Å². The van der Waals surface area contributed by atoms with Crippen LogP contribution in [0.3, 0.4) is 0 Å². The number of hydrogen-bond acceptors (Lipinski definition) is 5. The molecule has 0 saturated carbocycles. The van der Waals surface area contributed by atoms with Crippen LogP contribution in [0.15, 0.2) is 24.3 Å². The molecule has 2 aliphatic heterocycles. The third-order valence-electron chi connectivity index (χ3n) is 3.72. The van der Waals surface area contributed by atoms with Gasteiger partial charge < -0.3 is 10.1 Å². The Bertz CT molecular complexity index is 538. The van der Waals surface area contributed by atoms with Gasteiger partial charge in [-0.05, 0) is 17.7 Å². The second-order valence-electron chi connectivity index (χ2n) is 5.49. The molecule has 0 unspecified atom stereocenters. The minimum Gasteiger partial charge on any atom is -0.488 e. The summed E-state index contributed by atoms with van der Waals surface area (Å²) in [6, 6.07) is 7.99. The van der Waals surface area contributed by atoms with Crippen molar-refractivity contribution >= 4 is 9.84 Å². The molecule has 3 rings (SSSR count). The van der Waals surface area contributed by atoms with Crippen LogP contribution in [0.5, 0.6) is 5.75 Å². The molecule has 110 valence electrons. The monoisotopic (exact) mass is 296 g/mol. The van der Waals surface area contributed by atoms with Crippen LogP contribution in [0.1, 0.15) is 5.56 Å². The van der Waals surface area contributed by atoms with Crippen molar-refractivity contribution in [3.63, 3.8) is 0 Å². The Hall–Kier alpha value is -1.11. The molecule has 0 atom stereocenters. The summed E-state index contributed by atoms with van der Waals surface area (Å²) in [5, 5.41) is 3.34. The van der Waals surface area contributed by atoms with Crippen LogP contribution in [0.4, 0.5) is 0 Å². The fourth-order valence-corrected chi connectivity index (χ4v) is 3.75. The normalized spacial score (nSPS) is 23.2. The highest BCUT2D eigenvalue weighted by atomic mass is 32.2. The van der Waals surface area contributed by atoms with Gasteiger partial charge in [-0.2, -0.15) is 0 Å². The van der Waals surface area contributed by atoms with Crippen molar-refractivity contribution in [2.75, 3.05) is 37.7 Å². The Kier molecular flexibility index (Phi) is 3.96. The molecule has 0 aromatic heterocycles. The summed E-state index contributed by atoms with van der Waals surface area (Å²) < 4.78 is 27.8. The third-order valence-corrected chi connectivity index (χ3v) is 5.48. The van der Waals surface area contributed by atoms with E-state index < -0.39 is 9.84 Å². The zero-order chi connectivity index (χ0) is 14.0. The van der Waals surface area contributed by atoms with Crippen LogP contribution in [-0.4, -0.2) is 57.1 Å². The molecule has 5 nitrogen and oxygen atoms in total. The lowest BCUT2D eigenvalue weighted by atomic mass is 10.2. The largest absolute Gasteiger partial charge is 0.488 e. The van der Waals surface area contributed by atoms with Gasteiger partial charge in [-0.15, -0.1) is 0 Å². The van der Waals surface area contributed by atoms with E-state index in [1.54, 1.807) is 0 Å². The van der Waals surface area contributed by atoms with E-state index in [4.69, 9.17) is 4.74 Å². The number of rotatable bonds is 4. The minimum absolute atomic E-state index is 0.148. The topological polar surface area (TPSA) is 58.6 Å². The van der Waals surface area contributed by atoms with E-state index in [2.05, 4.69) is 22.3 Å². The van der Waals surface area contributed by atoms with E-state index in [0.717, 1.165) is 38.5 Å². The number of hydrogen-bond donors (Lipinski definition) is 1. The maximum Gasteiger partial charge on any atom is 0.157 e. The Morgan fingerprint density at radius 3 is 2.40 bits per heavy atom. The standard InChI is InChI=1S/C14H20N2O3S/c17-20(18)10-14(11-20)19-13-3-1-12(2-4-13)9-16-7-5-15-6-8-16/h1-4,14-15H,5-11H2. The lowest BCUT2D eigenvalue weighted by Crippen LogP contribution is -2.45. The molecule has 0 aliphatic carbocycles. The fraction of sp³-hybridized carbons (Fsp3) is 0.571. The lowest BCUT2D eigenvalue weighted by molar-refractivity contribution is 0.228. The summed E-state index contributed by atoms with van der Waals surface area (Å²) in [6.07, 6.45) is -0.168. The van der Waals surface area contributed by atoms with Crippen LogP contribution >= 0.6 is 0 Å². The lowest BCUT2D eigenvalue weighted by Gasteiger charge is -2.28. The molecule has 6 heteroatoms. The first kappa shape index (κ1) is 13.9. The number of nitrogens with one attached hydrogen (secondary N) is 1.